The van der Waals surface area contributed by atoms with Gasteiger partial charge in [0.15, 0.2) is 0 Å². The fourth-order valence-corrected chi connectivity index (χ4v) is 2.57. The highest BCUT2D eigenvalue weighted by atomic mass is 35.5. The Hall–Kier alpha value is -2.46. The van der Waals surface area contributed by atoms with Crippen molar-refractivity contribution < 1.29 is 19.5 Å². The van der Waals surface area contributed by atoms with Crippen LogP contribution in [0, 0.1) is 11.8 Å². The highest BCUT2D eigenvalue weighted by Crippen LogP contribution is 2.14. The van der Waals surface area contributed by atoms with E-state index in [-0.39, 0.29) is 17.6 Å². The molecule has 2 rings (SSSR count). The molecule has 7 heteroatoms. The molecule has 0 aromatic heterocycles. The van der Waals surface area contributed by atoms with Crippen LogP contribution in [-0.2, 0) is 22.4 Å². The Balaban J connectivity index is 0.000000283. The Morgan fingerprint density at radius 2 is 1.32 bits per heavy atom. The lowest BCUT2D eigenvalue weighted by Crippen LogP contribution is -2.15. The molecular weight excluding hydrogens is 399 g/mol. The molecule has 1 N–H and O–H groups in total. The minimum atomic E-state index is -0.769. The lowest BCUT2D eigenvalue weighted by Gasteiger charge is -2.05. The summed E-state index contributed by atoms with van der Waals surface area (Å²) in [4.78, 5) is 24.5. The van der Waals surface area contributed by atoms with Crippen LogP contribution in [0.1, 0.15) is 25.0 Å². The number of hydrogen-bond donors (Lipinski definition) is 1. The van der Waals surface area contributed by atoms with Crippen molar-refractivity contribution in [2.45, 2.75) is 26.7 Å². The monoisotopic (exact) mass is 420 g/mol. The van der Waals surface area contributed by atoms with Crippen molar-refractivity contribution in [3.63, 3.8) is 0 Å². The zero-order chi connectivity index (χ0) is 21.1. The van der Waals surface area contributed by atoms with E-state index < -0.39 is 5.97 Å². The number of hydrogen-bond acceptors (Lipinski definition) is 2. The van der Waals surface area contributed by atoms with E-state index in [1.54, 1.807) is 38.1 Å². The van der Waals surface area contributed by atoms with Crippen molar-refractivity contribution >= 4 is 41.2 Å². The predicted octanol–water partition coefficient (Wildman–Crippen LogP) is 4.99. The van der Waals surface area contributed by atoms with Crippen LogP contribution >= 0.6 is 23.2 Å². The molecule has 2 aromatic rings. The third-order valence-electron chi connectivity index (χ3n) is 4.00. The van der Waals surface area contributed by atoms with E-state index >= 15 is 0 Å². The normalized spacial score (nSPS) is 12.0. The quantitative estimate of drug-likeness (QED) is 0.388. The number of carbonyl (C=O) groups is 2. The molecule has 0 aliphatic carbocycles. The Labute approximate surface area is 174 Å². The van der Waals surface area contributed by atoms with Crippen LogP contribution < -0.4 is 0 Å². The van der Waals surface area contributed by atoms with Gasteiger partial charge in [-0.1, -0.05) is 61.3 Å². The van der Waals surface area contributed by atoms with Crippen LogP contribution in [0.5, 0.6) is 0 Å². The van der Waals surface area contributed by atoms with Crippen LogP contribution in [0.15, 0.2) is 48.5 Å². The number of carbonyl (C=O) groups excluding carboxylic acids is 1. The molecule has 2 aromatic carbocycles. The predicted molar refractivity (Wildman–Crippen MR) is 111 cm³/mol. The average Bonchev–Trinajstić information content (AvgIpc) is 2.66. The summed E-state index contributed by atoms with van der Waals surface area (Å²) in [7, 11) is 0. The summed E-state index contributed by atoms with van der Waals surface area (Å²) in [6.45, 7) is 3.48. The van der Waals surface area contributed by atoms with Crippen molar-refractivity contribution in [2.75, 3.05) is 0 Å². The van der Waals surface area contributed by atoms with Gasteiger partial charge in [0.1, 0.15) is 0 Å². The molecular formula is C21H22Cl2N2O3. The summed E-state index contributed by atoms with van der Waals surface area (Å²) in [5, 5.41) is 10.0. The summed E-state index contributed by atoms with van der Waals surface area (Å²) >= 11 is 11.4. The average molecular weight is 421 g/mol. The van der Waals surface area contributed by atoms with E-state index in [1.807, 2.05) is 24.3 Å². The molecule has 0 fully saturated rings. The van der Waals surface area contributed by atoms with Crippen LogP contribution in [-0.4, -0.2) is 27.9 Å². The second-order valence-electron chi connectivity index (χ2n) is 6.45. The molecule has 148 valence electrons. The molecule has 0 saturated carbocycles. The maximum absolute atomic E-state index is 11.3. The van der Waals surface area contributed by atoms with Crippen LogP contribution in [0.25, 0.3) is 5.53 Å². The SMILES string of the molecule is CC(Cc1ccc(Cl)cc1)C(=O)C=[N+]=[N-].CC(Cc1ccc(Cl)cc1)C(=O)O. The Morgan fingerprint density at radius 1 is 0.929 bits per heavy atom. The molecule has 0 saturated heterocycles. The molecule has 0 aliphatic heterocycles. The van der Waals surface area contributed by atoms with Gasteiger partial charge in [-0.2, -0.15) is 4.79 Å². The number of rotatable bonds is 7. The number of nitrogens with zero attached hydrogens (tertiary/aromatic N) is 2. The maximum Gasteiger partial charge on any atom is 0.323 e. The molecule has 0 amide bonds. The van der Waals surface area contributed by atoms with Crippen LogP contribution in [0.2, 0.25) is 10.0 Å². The number of aliphatic carboxylic acids is 1. The molecule has 0 heterocycles. The van der Waals surface area contributed by atoms with Gasteiger partial charge in [-0.15, -0.1) is 0 Å². The number of Topliss-reactive ketones (excluding diaryl/α,β-unsaturated/α-hetero) is 1. The third-order valence-corrected chi connectivity index (χ3v) is 4.51. The largest absolute Gasteiger partial charge is 0.481 e. The fraction of sp³-hybridized carbons (Fsp3) is 0.286. The third kappa shape index (κ3) is 8.96. The molecule has 0 bridgehead atoms. The zero-order valence-corrected chi connectivity index (χ0v) is 17.2. The standard InChI is InChI=1S/C11H11ClN2O.C10H11ClO2/c1-8(11(15)7-14-13)6-9-2-4-10(12)5-3-9;1-7(10(12)13)6-8-2-4-9(11)5-3-8/h2-5,7-8H,6H2,1H3;2-5,7H,6H2,1H3,(H,12,13). The van der Waals surface area contributed by atoms with Gasteiger partial charge in [0.25, 0.3) is 0 Å². The van der Waals surface area contributed by atoms with E-state index in [1.165, 1.54) is 0 Å². The summed E-state index contributed by atoms with van der Waals surface area (Å²) < 4.78 is 0. The minimum Gasteiger partial charge on any atom is -0.481 e. The topological polar surface area (TPSA) is 90.8 Å². The maximum atomic E-state index is 11.3. The number of carboxylic acids is 1. The van der Waals surface area contributed by atoms with Gasteiger partial charge in [-0.05, 0) is 48.2 Å². The number of halogens is 2. The lowest BCUT2D eigenvalue weighted by molar-refractivity contribution is -0.141. The summed E-state index contributed by atoms with van der Waals surface area (Å²) in [5.41, 5.74) is 10.3. The number of benzene rings is 2. The van der Waals surface area contributed by atoms with E-state index in [0.717, 1.165) is 17.3 Å². The first kappa shape index (κ1) is 23.6. The lowest BCUT2D eigenvalue weighted by atomic mass is 9.98. The van der Waals surface area contributed by atoms with E-state index in [0.29, 0.717) is 22.9 Å². The highest BCUT2D eigenvalue weighted by molar-refractivity contribution is 6.30. The first-order valence-corrected chi connectivity index (χ1v) is 9.41. The summed E-state index contributed by atoms with van der Waals surface area (Å²) in [5.74, 6) is -1.49. The smallest absolute Gasteiger partial charge is 0.323 e. The second kappa shape index (κ2) is 12.1. The van der Waals surface area contributed by atoms with E-state index in [4.69, 9.17) is 33.8 Å². The van der Waals surface area contributed by atoms with Gasteiger partial charge in [-0.3, -0.25) is 9.59 Å². The molecule has 2 unspecified atom stereocenters. The van der Waals surface area contributed by atoms with E-state index in [2.05, 4.69) is 4.79 Å². The van der Waals surface area contributed by atoms with Gasteiger partial charge >= 0.3 is 12.2 Å². The minimum absolute atomic E-state index is 0.188. The van der Waals surface area contributed by atoms with Gasteiger partial charge in [0, 0.05) is 16.0 Å². The highest BCUT2D eigenvalue weighted by Gasteiger charge is 2.14. The molecule has 28 heavy (non-hydrogen) atoms. The Bertz CT molecular complexity index is 830. The first-order chi connectivity index (χ1) is 13.2. The van der Waals surface area contributed by atoms with Crippen molar-refractivity contribution in [3.8, 4) is 0 Å². The van der Waals surface area contributed by atoms with Crippen molar-refractivity contribution in [2.24, 2.45) is 11.8 Å². The molecule has 2 atom stereocenters. The second-order valence-corrected chi connectivity index (χ2v) is 7.32. The van der Waals surface area contributed by atoms with Crippen LogP contribution in [0.3, 0.4) is 0 Å². The van der Waals surface area contributed by atoms with Gasteiger partial charge < -0.3 is 10.6 Å². The van der Waals surface area contributed by atoms with Gasteiger partial charge in [-0.25, -0.2) is 0 Å². The Morgan fingerprint density at radius 3 is 1.68 bits per heavy atom. The van der Waals surface area contributed by atoms with Crippen molar-refractivity contribution in [1.29, 1.82) is 0 Å². The van der Waals surface area contributed by atoms with Gasteiger partial charge in [0.2, 0.25) is 5.78 Å². The molecule has 0 spiro atoms. The number of carboxylic acid groups (broad SMARTS) is 1. The molecule has 0 aliphatic rings. The first-order valence-electron chi connectivity index (χ1n) is 8.66. The zero-order valence-electron chi connectivity index (χ0n) is 15.7. The fourth-order valence-electron chi connectivity index (χ4n) is 2.32. The van der Waals surface area contributed by atoms with Crippen molar-refractivity contribution in [3.05, 3.63) is 75.2 Å². The van der Waals surface area contributed by atoms with Gasteiger partial charge in [0.05, 0.1) is 5.92 Å². The van der Waals surface area contributed by atoms with Crippen LogP contribution in [0.4, 0.5) is 0 Å². The molecule has 0 radical (unpaired) electrons. The van der Waals surface area contributed by atoms with E-state index in [9.17, 15) is 9.59 Å². The summed E-state index contributed by atoms with van der Waals surface area (Å²) in [6.07, 6.45) is 2.09. The number of ketones is 1. The summed E-state index contributed by atoms with van der Waals surface area (Å²) in [6, 6.07) is 14.6. The molecule has 5 nitrogen and oxygen atoms in total. The van der Waals surface area contributed by atoms with Crippen molar-refractivity contribution in [1.82, 2.24) is 0 Å². The Kier molecular flexibility index (Phi) is 10.2.